The van der Waals surface area contributed by atoms with E-state index in [0.29, 0.717) is 11.3 Å². The Morgan fingerprint density at radius 3 is 2.67 bits per heavy atom. The largest absolute Gasteiger partial charge is 0.480 e. The number of carboxylic acid groups (broad SMARTS) is 2. The Kier molecular flexibility index (Phi) is 8.38. The van der Waals surface area contributed by atoms with Crippen LogP contribution in [-0.4, -0.2) is 77.8 Å². The number of thioether (sulfide) groups is 1. The molecular formula is C27H27N6O8S+. The molecule has 4 heterocycles. The summed E-state index contributed by atoms with van der Waals surface area (Å²) >= 11 is 1.36. The lowest BCUT2D eigenvalue weighted by Gasteiger charge is -2.49. The highest BCUT2D eigenvalue weighted by atomic mass is 32.2. The number of fused-ring (bicyclic) bond motifs is 2. The van der Waals surface area contributed by atoms with E-state index in [1.165, 1.54) is 16.7 Å². The number of rotatable bonds is 11. The zero-order chi connectivity index (χ0) is 29.8. The van der Waals surface area contributed by atoms with Crippen molar-refractivity contribution in [2.45, 2.75) is 43.3 Å². The normalized spacial score (nSPS) is 18.6. The molecule has 0 saturated carbocycles. The summed E-state index contributed by atoms with van der Waals surface area (Å²) in [5, 5.41) is 27.9. The first kappa shape index (κ1) is 28.6. The molecule has 2 aliphatic heterocycles. The summed E-state index contributed by atoms with van der Waals surface area (Å²) in [6.07, 6.45) is 4.20. The minimum absolute atomic E-state index is 0.0489. The van der Waals surface area contributed by atoms with Gasteiger partial charge in [0.1, 0.15) is 41.6 Å². The Morgan fingerprint density at radius 1 is 1.14 bits per heavy atom. The van der Waals surface area contributed by atoms with Crippen molar-refractivity contribution in [1.82, 2.24) is 25.1 Å². The van der Waals surface area contributed by atoms with Crippen molar-refractivity contribution >= 4 is 47.3 Å². The number of β-lactam (4-membered cyclic amide) rings is 1. The average Bonchev–Trinajstić information content (AvgIpc) is 3.38. The summed E-state index contributed by atoms with van der Waals surface area (Å²) in [6, 6.07) is 9.58. The molecule has 42 heavy (non-hydrogen) atoms. The zero-order valence-corrected chi connectivity index (χ0v) is 22.9. The number of benzene rings is 1. The summed E-state index contributed by atoms with van der Waals surface area (Å²) in [5.41, 5.74) is 1.22. The summed E-state index contributed by atoms with van der Waals surface area (Å²) in [6.45, 7) is 0.252. The second-order valence-electron chi connectivity index (χ2n) is 9.59. The van der Waals surface area contributed by atoms with Gasteiger partial charge >= 0.3 is 23.7 Å². The van der Waals surface area contributed by atoms with Gasteiger partial charge in [0.2, 0.25) is 5.91 Å². The summed E-state index contributed by atoms with van der Waals surface area (Å²) < 4.78 is 8.55. The monoisotopic (exact) mass is 595 g/mol. The third-order valence-corrected chi connectivity index (χ3v) is 8.15. The van der Waals surface area contributed by atoms with Gasteiger partial charge in [-0.2, -0.15) is 0 Å². The molecule has 0 spiro atoms. The molecule has 1 saturated heterocycles. The minimum Gasteiger partial charge on any atom is -0.480 e. The van der Waals surface area contributed by atoms with Crippen molar-refractivity contribution in [3.8, 4) is 5.75 Å². The van der Waals surface area contributed by atoms with E-state index in [4.69, 9.17) is 4.74 Å². The number of hydrogen-bond acceptors (Lipinski definition) is 8. The van der Waals surface area contributed by atoms with Gasteiger partial charge < -0.3 is 25.6 Å². The fraction of sp³-hybridized carbons (Fsp3) is 0.296. The molecule has 0 bridgehead atoms. The number of hydrogen-bond donors (Lipinski definition) is 4. The highest BCUT2D eigenvalue weighted by Gasteiger charge is 2.54. The molecular weight excluding hydrogens is 568 g/mol. The third kappa shape index (κ3) is 6.05. The van der Waals surface area contributed by atoms with E-state index < -0.39 is 47.3 Å². The number of aromatic nitrogens is 3. The van der Waals surface area contributed by atoms with Gasteiger partial charge in [0, 0.05) is 23.8 Å². The van der Waals surface area contributed by atoms with E-state index in [9.17, 15) is 34.2 Å². The van der Waals surface area contributed by atoms with Crippen molar-refractivity contribution in [3.63, 3.8) is 0 Å². The van der Waals surface area contributed by atoms with Gasteiger partial charge in [-0.25, -0.2) is 19.0 Å². The van der Waals surface area contributed by atoms with Crippen LogP contribution in [0.4, 0.5) is 4.79 Å². The van der Waals surface area contributed by atoms with E-state index in [1.54, 1.807) is 59.5 Å². The molecule has 15 heteroatoms. The molecule has 218 valence electrons. The van der Waals surface area contributed by atoms with Gasteiger partial charge in [-0.15, -0.1) is 16.3 Å². The van der Waals surface area contributed by atoms with Crippen LogP contribution in [0.15, 0.2) is 72.3 Å². The van der Waals surface area contributed by atoms with Crippen LogP contribution < -0.4 is 19.9 Å². The number of aliphatic carboxylic acids is 2. The van der Waals surface area contributed by atoms with Crippen molar-refractivity contribution < 1.29 is 43.5 Å². The van der Waals surface area contributed by atoms with Crippen LogP contribution in [0.3, 0.4) is 0 Å². The summed E-state index contributed by atoms with van der Waals surface area (Å²) in [4.78, 5) is 62.7. The number of carbonyl (C=O) groups excluding carboxylic acids is 3. The first-order chi connectivity index (χ1) is 20.2. The van der Waals surface area contributed by atoms with Crippen LogP contribution >= 0.6 is 11.8 Å². The van der Waals surface area contributed by atoms with Crippen LogP contribution in [-0.2, 0) is 25.7 Å². The van der Waals surface area contributed by atoms with Gasteiger partial charge in [0.05, 0.1) is 6.20 Å². The number of carbonyl (C=O) groups is 5. The molecule has 0 unspecified atom stereocenters. The number of para-hydroxylation sites is 1. The van der Waals surface area contributed by atoms with Crippen LogP contribution in [0.25, 0.3) is 5.65 Å². The molecule has 2 aliphatic rings. The summed E-state index contributed by atoms with van der Waals surface area (Å²) in [5.74, 6) is -2.93. The van der Waals surface area contributed by atoms with E-state index in [1.807, 2.05) is 10.6 Å². The van der Waals surface area contributed by atoms with Crippen LogP contribution in [0.2, 0.25) is 0 Å². The SMILES string of the molecule is O=C(CCC[C@@H](NC(=O)Oc1ccccc1)C(=O)O)N[C@@H]1C(=O)N2C(C(=O)O)=C(C[n+]3ccn4ncccc43)CS[C@H]12. The Bertz CT molecular complexity index is 1570. The van der Waals surface area contributed by atoms with E-state index in [0.717, 1.165) is 5.65 Å². The number of imidazole rings is 1. The lowest BCUT2D eigenvalue weighted by Crippen LogP contribution is -2.70. The fourth-order valence-corrected chi connectivity index (χ4v) is 6.15. The molecule has 3 aromatic rings. The van der Waals surface area contributed by atoms with Crippen LogP contribution in [0, 0.1) is 0 Å². The first-order valence-corrected chi connectivity index (χ1v) is 14.0. The van der Waals surface area contributed by atoms with Crippen LogP contribution in [0.5, 0.6) is 5.75 Å². The lowest BCUT2D eigenvalue weighted by atomic mass is 10.0. The number of nitrogens with one attached hydrogen (secondary N) is 2. The Morgan fingerprint density at radius 2 is 1.93 bits per heavy atom. The standard InChI is InChI=1S/C27H26N6O8S/c34-19(9-4-8-18(25(36)37)29-27(40)41-17-6-2-1-3-7-17)30-21-23(35)33-22(26(38)39)16(15-42-24(21)33)14-31-12-13-32-20(31)10-5-11-28-32/h1-3,5-7,10-13,18,21,24H,4,8-9,14-15H2,(H3-,29,30,34,36,37,38,39,40)/p+1/t18-,21-,24-/m1/s1. The van der Waals surface area contributed by atoms with Crippen molar-refractivity contribution in [1.29, 1.82) is 0 Å². The molecule has 3 amide bonds. The molecule has 1 fully saturated rings. The number of ether oxygens (including phenoxy) is 1. The lowest BCUT2D eigenvalue weighted by molar-refractivity contribution is -0.662. The first-order valence-electron chi connectivity index (χ1n) is 13.0. The maximum atomic E-state index is 13.0. The molecule has 4 N–H and O–H groups in total. The van der Waals surface area contributed by atoms with Gasteiger partial charge in [0.25, 0.3) is 5.91 Å². The fourth-order valence-electron chi connectivity index (χ4n) is 4.82. The van der Waals surface area contributed by atoms with Crippen LogP contribution in [0.1, 0.15) is 19.3 Å². The third-order valence-electron chi connectivity index (χ3n) is 6.81. The highest BCUT2D eigenvalue weighted by molar-refractivity contribution is 8.00. The van der Waals surface area contributed by atoms with Gasteiger partial charge in [-0.05, 0) is 31.0 Å². The zero-order valence-electron chi connectivity index (χ0n) is 22.1. The Balaban J connectivity index is 1.14. The molecule has 3 atom stereocenters. The van der Waals surface area contributed by atoms with Crippen molar-refractivity contribution in [2.75, 3.05) is 5.75 Å². The topological polar surface area (TPSA) is 184 Å². The molecule has 14 nitrogen and oxygen atoms in total. The maximum absolute atomic E-state index is 13.0. The van der Waals surface area contributed by atoms with E-state index in [-0.39, 0.29) is 37.3 Å². The second kappa shape index (κ2) is 12.3. The molecule has 0 aliphatic carbocycles. The second-order valence-corrected chi connectivity index (χ2v) is 10.7. The Labute approximate surface area is 242 Å². The molecule has 0 radical (unpaired) electrons. The number of nitrogens with zero attached hydrogens (tertiary/aromatic N) is 4. The molecule has 2 aromatic heterocycles. The van der Waals surface area contributed by atoms with E-state index in [2.05, 4.69) is 15.7 Å². The minimum atomic E-state index is -1.28. The van der Waals surface area contributed by atoms with Gasteiger partial charge in [-0.3, -0.25) is 14.5 Å². The smallest absolute Gasteiger partial charge is 0.413 e. The van der Waals surface area contributed by atoms with Crippen molar-refractivity contribution in [2.24, 2.45) is 0 Å². The molecule has 1 aromatic carbocycles. The predicted octanol–water partition coefficient (Wildman–Crippen LogP) is 0.773. The Hall–Kier alpha value is -4.92. The number of amides is 3. The number of carboxylic acids is 2. The average molecular weight is 596 g/mol. The maximum Gasteiger partial charge on any atom is 0.413 e. The quantitative estimate of drug-likeness (QED) is 0.182. The summed E-state index contributed by atoms with van der Waals surface area (Å²) in [7, 11) is 0. The molecule has 5 rings (SSSR count). The predicted molar refractivity (Wildman–Crippen MR) is 146 cm³/mol. The van der Waals surface area contributed by atoms with E-state index >= 15 is 0 Å². The van der Waals surface area contributed by atoms with Gasteiger partial charge in [-0.1, -0.05) is 23.3 Å². The highest BCUT2D eigenvalue weighted by Crippen LogP contribution is 2.40. The van der Waals surface area contributed by atoms with Crippen molar-refractivity contribution in [3.05, 3.63) is 72.3 Å². The van der Waals surface area contributed by atoms with Gasteiger partial charge in [0.15, 0.2) is 6.20 Å².